The lowest BCUT2D eigenvalue weighted by atomic mass is 10.1. The van der Waals surface area contributed by atoms with Gasteiger partial charge in [-0.25, -0.2) is 0 Å². The van der Waals surface area contributed by atoms with E-state index in [2.05, 4.69) is 37.2 Å². The molecule has 3 rings (SSSR count). The summed E-state index contributed by atoms with van der Waals surface area (Å²) in [7, 11) is 0. The second-order valence-corrected chi connectivity index (χ2v) is 9.86. The molecular weight excluding hydrogens is 540 g/mol. The topological polar surface area (TPSA) is 69.6 Å². The summed E-state index contributed by atoms with van der Waals surface area (Å²) in [5.41, 5.74) is 2.14. The van der Waals surface area contributed by atoms with Gasteiger partial charge in [0.05, 0.1) is 9.38 Å². The van der Waals surface area contributed by atoms with E-state index in [4.69, 9.17) is 12.2 Å². The predicted octanol–water partition coefficient (Wildman–Crippen LogP) is 5.45. The highest BCUT2D eigenvalue weighted by atomic mass is 79.9. The minimum atomic E-state index is -0.781. The van der Waals surface area contributed by atoms with Crippen LogP contribution in [0.15, 0.2) is 50.2 Å². The Balaban J connectivity index is 1.82. The van der Waals surface area contributed by atoms with Crippen LogP contribution in [-0.4, -0.2) is 32.2 Å². The first-order chi connectivity index (χ1) is 13.7. The fourth-order valence-electron chi connectivity index (χ4n) is 2.74. The number of thioether (sulfide) groups is 1. The molecule has 1 aliphatic heterocycles. The number of carbonyl (C=O) groups is 2. The van der Waals surface area contributed by atoms with E-state index in [1.807, 2.05) is 25.1 Å². The molecule has 0 aliphatic carbocycles. The molecule has 2 amide bonds. The lowest BCUT2D eigenvalue weighted by molar-refractivity contribution is -0.129. The molecule has 5 nitrogen and oxygen atoms in total. The highest BCUT2D eigenvalue weighted by Crippen LogP contribution is 2.38. The van der Waals surface area contributed by atoms with Crippen molar-refractivity contribution in [2.24, 2.45) is 0 Å². The van der Waals surface area contributed by atoms with E-state index >= 15 is 0 Å². The van der Waals surface area contributed by atoms with E-state index in [0.29, 0.717) is 24.9 Å². The summed E-state index contributed by atoms with van der Waals surface area (Å²) in [6, 6.07) is 10.0. The fraction of sp³-hybridized carbons (Fsp3) is 0.150. The van der Waals surface area contributed by atoms with Crippen molar-refractivity contribution >= 4 is 83.7 Å². The molecule has 0 bridgehead atoms. The monoisotopic (exact) mass is 554 g/mol. The molecule has 29 heavy (non-hydrogen) atoms. The van der Waals surface area contributed by atoms with Gasteiger partial charge in [-0.05, 0) is 65.7 Å². The molecule has 2 N–H and O–H groups in total. The summed E-state index contributed by atoms with van der Waals surface area (Å²) in [6.45, 7) is 3.56. The Bertz CT molecular complexity index is 1060. The molecule has 1 unspecified atom stereocenters. The van der Waals surface area contributed by atoms with Gasteiger partial charge in [0.25, 0.3) is 5.91 Å². The fourth-order valence-corrected chi connectivity index (χ4v) is 5.41. The van der Waals surface area contributed by atoms with Crippen LogP contribution in [0.1, 0.15) is 18.1 Å². The van der Waals surface area contributed by atoms with E-state index in [1.165, 1.54) is 4.90 Å². The number of phenolic OH excluding ortho intramolecular Hbond substituents is 1. The van der Waals surface area contributed by atoms with Crippen LogP contribution in [-0.2, 0) is 9.59 Å². The van der Waals surface area contributed by atoms with Gasteiger partial charge in [-0.3, -0.25) is 14.5 Å². The lowest BCUT2D eigenvalue weighted by Gasteiger charge is -2.22. The SMILES string of the molecule is Cc1cccc(NC(=O)C(C)N2C(=O)/C(=C/c3cc(Br)cc(Br)c3O)SC2=S)c1. The maximum Gasteiger partial charge on any atom is 0.266 e. The largest absolute Gasteiger partial charge is 0.506 e. The van der Waals surface area contributed by atoms with Crippen LogP contribution >= 0.6 is 55.8 Å². The molecule has 2 aromatic rings. The molecular formula is C20H16Br2N2O3S2. The zero-order chi connectivity index (χ0) is 21.3. The minimum Gasteiger partial charge on any atom is -0.506 e. The first-order valence-electron chi connectivity index (χ1n) is 8.50. The number of nitrogens with zero attached hydrogens (tertiary/aromatic N) is 1. The van der Waals surface area contributed by atoms with Crippen molar-refractivity contribution in [3.63, 3.8) is 0 Å². The highest BCUT2D eigenvalue weighted by Gasteiger charge is 2.38. The van der Waals surface area contributed by atoms with Crippen molar-refractivity contribution in [3.8, 4) is 5.75 Å². The van der Waals surface area contributed by atoms with Crippen LogP contribution in [0.3, 0.4) is 0 Å². The van der Waals surface area contributed by atoms with Gasteiger partial charge < -0.3 is 10.4 Å². The van der Waals surface area contributed by atoms with Crippen LogP contribution < -0.4 is 5.32 Å². The van der Waals surface area contributed by atoms with Gasteiger partial charge in [0.2, 0.25) is 5.91 Å². The average molecular weight is 556 g/mol. The van der Waals surface area contributed by atoms with Crippen LogP contribution in [0.2, 0.25) is 0 Å². The summed E-state index contributed by atoms with van der Waals surface area (Å²) < 4.78 is 1.54. The summed E-state index contributed by atoms with van der Waals surface area (Å²) in [4.78, 5) is 27.2. The summed E-state index contributed by atoms with van der Waals surface area (Å²) in [6.07, 6.45) is 1.56. The third kappa shape index (κ3) is 4.91. The first kappa shape index (κ1) is 22.0. The van der Waals surface area contributed by atoms with Crippen molar-refractivity contribution in [1.29, 1.82) is 0 Å². The number of hydrogen-bond acceptors (Lipinski definition) is 5. The minimum absolute atomic E-state index is 0.0173. The number of halogens is 2. The zero-order valence-electron chi connectivity index (χ0n) is 15.4. The summed E-state index contributed by atoms with van der Waals surface area (Å²) >= 11 is 13.1. The number of nitrogens with one attached hydrogen (secondary N) is 1. The van der Waals surface area contributed by atoms with E-state index in [1.54, 1.807) is 31.2 Å². The number of phenols is 1. The van der Waals surface area contributed by atoms with E-state index in [-0.39, 0.29) is 17.6 Å². The summed E-state index contributed by atoms with van der Waals surface area (Å²) in [5, 5.41) is 13.1. The van der Waals surface area contributed by atoms with Gasteiger partial charge >= 0.3 is 0 Å². The maximum atomic E-state index is 12.9. The van der Waals surface area contributed by atoms with Crippen molar-refractivity contribution in [2.75, 3.05) is 5.32 Å². The smallest absolute Gasteiger partial charge is 0.266 e. The van der Waals surface area contributed by atoms with Crippen molar-refractivity contribution < 1.29 is 14.7 Å². The number of thiocarbonyl (C=S) groups is 1. The van der Waals surface area contributed by atoms with Crippen molar-refractivity contribution in [3.05, 3.63) is 61.4 Å². The molecule has 0 saturated carbocycles. The number of benzene rings is 2. The third-order valence-electron chi connectivity index (χ3n) is 4.22. The van der Waals surface area contributed by atoms with Crippen molar-refractivity contribution in [1.82, 2.24) is 4.90 Å². The predicted molar refractivity (Wildman–Crippen MR) is 128 cm³/mol. The number of anilines is 1. The number of aromatic hydroxyl groups is 1. The number of aryl methyl sites for hydroxylation is 1. The van der Waals surface area contributed by atoms with E-state index in [9.17, 15) is 14.7 Å². The average Bonchev–Trinajstić information content (AvgIpc) is 2.92. The Labute approximate surface area is 194 Å². The van der Waals surface area contributed by atoms with E-state index < -0.39 is 6.04 Å². The molecule has 1 saturated heterocycles. The zero-order valence-corrected chi connectivity index (χ0v) is 20.2. The quantitative estimate of drug-likeness (QED) is 0.387. The Morgan fingerprint density at radius 3 is 2.72 bits per heavy atom. The van der Waals surface area contributed by atoms with Gasteiger partial charge in [0.1, 0.15) is 16.1 Å². The molecule has 0 spiro atoms. The van der Waals surface area contributed by atoms with Gasteiger partial charge in [0, 0.05) is 15.7 Å². The molecule has 1 atom stereocenters. The molecule has 1 fully saturated rings. The number of hydrogen-bond donors (Lipinski definition) is 2. The molecule has 1 aliphatic rings. The maximum absolute atomic E-state index is 12.9. The molecule has 150 valence electrons. The Hall–Kier alpha value is -1.68. The highest BCUT2D eigenvalue weighted by molar-refractivity contribution is 9.11. The van der Waals surface area contributed by atoms with Crippen molar-refractivity contribution in [2.45, 2.75) is 19.9 Å². The molecule has 9 heteroatoms. The molecule has 2 aromatic carbocycles. The second-order valence-electron chi connectivity index (χ2n) is 6.41. The molecule has 1 heterocycles. The van der Waals surface area contributed by atoms with Gasteiger partial charge in [-0.1, -0.05) is 52.0 Å². The van der Waals surface area contributed by atoms with Gasteiger partial charge in [-0.2, -0.15) is 0 Å². The number of amides is 2. The van der Waals surface area contributed by atoms with Crippen LogP contribution in [0.5, 0.6) is 5.75 Å². The number of carbonyl (C=O) groups excluding carboxylic acids is 2. The third-order valence-corrected chi connectivity index (χ3v) is 6.61. The summed E-state index contributed by atoms with van der Waals surface area (Å²) in [5.74, 6) is -0.688. The van der Waals surface area contributed by atoms with Crippen LogP contribution in [0.4, 0.5) is 5.69 Å². The Morgan fingerprint density at radius 1 is 1.31 bits per heavy atom. The van der Waals surface area contributed by atoms with Crippen LogP contribution in [0, 0.1) is 6.92 Å². The Morgan fingerprint density at radius 2 is 2.03 bits per heavy atom. The first-order valence-corrected chi connectivity index (χ1v) is 11.3. The van der Waals surface area contributed by atoms with E-state index in [0.717, 1.165) is 21.8 Å². The molecule has 0 radical (unpaired) electrons. The molecule has 0 aromatic heterocycles. The normalized spacial score (nSPS) is 16.4. The van der Waals surface area contributed by atoms with Gasteiger partial charge in [0.15, 0.2) is 0 Å². The van der Waals surface area contributed by atoms with Crippen LogP contribution in [0.25, 0.3) is 6.08 Å². The lowest BCUT2D eigenvalue weighted by Crippen LogP contribution is -2.44. The second kappa shape index (κ2) is 8.99. The number of rotatable bonds is 4. The standard InChI is InChI=1S/C20H16Br2N2O3S2/c1-10-4-3-5-14(6-10)23-18(26)11(2)24-19(27)16(29-20(24)28)8-12-7-13(21)9-15(22)17(12)25/h3-9,11,25H,1-2H3,(H,23,26)/b16-8-. The Kier molecular flexibility index (Phi) is 6.83. The van der Waals surface area contributed by atoms with Gasteiger partial charge in [-0.15, -0.1) is 0 Å².